The van der Waals surface area contributed by atoms with Crippen LogP contribution >= 0.6 is 0 Å². The average molecular weight is 300 g/mol. The van der Waals surface area contributed by atoms with Crippen molar-refractivity contribution in [1.82, 2.24) is 19.7 Å². The number of rotatable bonds is 1. The standard InChI is InChI=1S/C17H24N4O/c1-17(9-5-6-10-18-17)21-15-14(11-19-20(15)2)12-7-3-4-8-13(12)16(21)22/h11,18H,3-10H2,1-2H3/t17-/m0/s1. The summed E-state index contributed by atoms with van der Waals surface area (Å²) < 4.78 is 3.87. The SMILES string of the molecule is Cn1ncc2c3c(c(=O)n([C@@]4(C)CCCCN4)c21)CCCC3. The van der Waals surface area contributed by atoms with Crippen molar-refractivity contribution >= 4 is 11.0 Å². The molecule has 1 aliphatic carbocycles. The summed E-state index contributed by atoms with van der Waals surface area (Å²) in [5.74, 6) is 0. The molecule has 1 aliphatic heterocycles. The predicted octanol–water partition coefficient (Wildman–Crippen LogP) is 2.06. The number of piperidine rings is 1. The van der Waals surface area contributed by atoms with Crippen LogP contribution < -0.4 is 10.9 Å². The first-order valence-corrected chi connectivity index (χ1v) is 8.46. The molecule has 5 heteroatoms. The van der Waals surface area contributed by atoms with Gasteiger partial charge in [0.05, 0.1) is 11.9 Å². The Bertz CT molecular complexity index is 780. The Morgan fingerprint density at radius 2 is 1.95 bits per heavy atom. The third kappa shape index (κ3) is 1.88. The number of nitrogens with one attached hydrogen (secondary N) is 1. The number of nitrogens with zero attached hydrogens (tertiary/aromatic N) is 3. The van der Waals surface area contributed by atoms with Gasteiger partial charge in [0.2, 0.25) is 0 Å². The average Bonchev–Trinajstić information content (AvgIpc) is 2.90. The molecule has 0 saturated carbocycles. The molecule has 4 rings (SSSR count). The lowest BCUT2D eigenvalue weighted by molar-refractivity contribution is 0.183. The molecule has 2 aliphatic rings. The minimum atomic E-state index is -0.298. The fourth-order valence-electron chi connectivity index (χ4n) is 4.27. The number of aromatic nitrogens is 3. The van der Waals surface area contributed by atoms with E-state index in [2.05, 4.69) is 17.3 Å². The van der Waals surface area contributed by atoms with Crippen LogP contribution in [0, 0.1) is 0 Å². The molecule has 5 nitrogen and oxygen atoms in total. The molecule has 0 radical (unpaired) electrons. The van der Waals surface area contributed by atoms with E-state index in [-0.39, 0.29) is 11.2 Å². The van der Waals surface area contributed by atoms with Crippen LogP contribution in [0.4, 0.5) is 0 Å². The summed E-state index contributed by atoms with van der Waals surface area (Å²) >= 11 is 0. The molecule has 22 heavy (non-hydrogen) atoms. The highest BCUT2D eigenvalue weighted by Gasteiger charge is 2.34. The van der Waals surface area contributed by atoms with E-state index in [4.69, 9.17) is 0 Å². The maximum Gasteiger partial charge on any atom is 0.257 e. The second kappa shape index (κ2) is 4.95. The topological polar surface area (TPSA) is 51.9 Å². The van der Waals surface area contributed by atoms with Crippen LogP contribution in [0.25, 0.3) is 11.0 Å². The van der Waals surface area contributed by atoms with Crippen LogP contribution in [0.5, 0.6) is 0 Å². The lowest BCUT2D eigenvalue weighted by Gasteiger charge is -2.38. The Morgan fingerprint density at radius 3 is 2.68 bits per heavy atom. The molecule has 1 saturated heterocycles. The van der Waals surface area contributed by atoms with Crippen LogP contribution in [0.15, 0.2) is 11.0 Å². The van der Waals surface area contributed by atoms with E-state index < -0.39 is 0 Å². The van der Waals surface area contributed by atoms with E-state index >= 15 is 0 Å². The summed E-state index contributed by atoms with van der Waals surface area (Å²) in [6.45, 7) is 3.13. The summed E-state index contributed by atoms with van der Waals surface area (Å²) in [6.07, 6.45) is 9.50. The number of fused-ring (bicyclic) bond motifs is 3. The third-order valence-electron chi connectivity index (χ3n) is 5.46. The van der Waals surface area contributed by atoms with Gasteiger partial charge in [-0.25, -0.2) is 0 Å². The van der Waals surface area contributed by atoms with Gasteiger partial charge >= 0.3 is 0 Å². The van der Waals surface area contributed by atoms with Crippen LogP contribution in [0.2, 0.25) is 0 Å². The fraction of sp³-hybridized carbons (Fsp3) is 0.647. The van der Waals surface area contributed by atoms with Gasteiger partial charge in [0, 0.05) is 18.0 Å². The summed E-state index contributed by atoms with van der Waals surface area (Å²) in [6, 6.07) is 0. The number of hydrogen-bond acceptors (Lipinski definition) is 3. The molecule has 0 unspecified atom stereocenters. The molecule has 0 spiro atoms. The molecule has 0 amide bonds. The van der Waals surface area contributed by atoms with E-state index in [9.17, 15) is 4.79 Å². The summed E-state index contributed by atoms with van der Waals surface area (Å²) in [5.41, 5.74) is 3.15. The normalized spacial score (nSPS) is 25.4. The zero-order valence-corrected chi connectivity index (χ0v) is 13.5. The first kappa shape index (κ1) is 14.0. The molecular formula is C17H24N4O. The Kier molecular flexibility index (Phi) is 3.15. The second-order valence-corrected chi connectivity index (χ2v) is 6.97. The van der Waals surface area contributed by atoms with Crippen LogP contribution in [-0.4, -0.2) is 20.9 Å². The van der Waals surface area contributed by atoms with E-state index in [0.717, 1.165) is 49.9 Å². The van der Waals surface area contributed by atoms with E-state index in [0.29, 0.717) is 0 Å². The highest BCUT2D eigenvalue weighted by molar-refractivity contribution is 5.81. The van der Waals surface area contributed by atoms with Gasteiger partial charge in [0.15, 0.2) is 0 Å². The fourth-order valence-corrected chi connectivity index (χ4v) is 4.27. The van der Waals surface area contributed by atoms with Crippen molar-refractivity contribution in [3.63, 3.8) is 0 Å². The number of aryl methyl sites for hydroxylation is 2. The second-order valence-electron chi connectivity index (χ2n) is 6.97. The highest BCUT2D eigenvalue weighted by Crippen LogP contribution is 2.31. The first-order valence-electron chi connectivity index (χ1n) is 8.46. The van der Waals surface area contributed by atoms with Gasteiger partial charge in [-0.15, -0.1) is 0 Å². The summed E-state index contributed by atoms with van der Waals surface area (Å²) in [5, 5.41) is 9.22. The van der Waals surface area contributed by atoms with Crippen molar-refractivity contribution in [3.8, 4) is 0 Å². The van der Waals surface area contributed by atoms with Gasteiger partial charge < -0.3 is 0 Å². The van der Waals surface area contributed by atoms with Crippen molar-refractivity contribution < 1.29 is 0 Å². The summed E-state index contributed by atoms with van der Waals surface area (Å²) in [7, 11) is 1.94. The third-order valence-corrected chi connectivity index (χ3v) is 5.46. The van der Waals surface area contributed by atoms with Crippen molar-refractivity contribution in [3.05, 3.63) is 27.7 Å². The maximum atomic E-state index is 13.3. The Morgan fingerprint density at radius 1 is 1.18 bits per heavy atom. The van der Waals surface area contributed by atoms with Crippen molar-refractivity contribution in [2.24, 2.45) is 7.05 Å². The Balaban J connectivity index is 2.07. The van der Waals surface area contributed by atoms with E-state index in [1.807, 2.05) is 22.5 Å². The molecular weight excluding hydrogens is 276 g/mol. The Hall–Kier alpha value is -1.62. The van der Waals surface area contributed by atoms with E-state index in [1.165, 1.54) is 23.8 Å². The summed E-state index contributed by atoms with van der Waals surface area (Å²) in [4.78, 5) is 13.3. The smallest absolute Gasteiger partial charge is 0.257 e. The van der Waals surface area contributed by atoms with Gasteiger partial charge in [-0.3, -0.25) is 19.4 Å². The molecule has 2 aromatic rings. The van der Waals surface area contributed by atoms with Crippen LogP contribution in [-0.2, 0) is 25.6 Å². The maximum absolute atomic E-state index is 13.3. The predicted molar refractivity (Wildman–Crippen MR) is 87.1 cm³/mol. The monoisotopic (exact) mass is 300 g/mol. The first-order chi connectivity index (χ1) is 10.6. The zero-order valence-electron chi connectivity index (χ0n) is 13.5. The molecule has 0 aromatic carbocycles. The minimum Gasteiger partial charge on any atom is -0.295 e. The number of hydrogen-bond donors (Lipinski definition) is 1. The highest BCUT2D eigenvalue weighted by atomic mass is 16.1. The molecule has 1 fully saturated rings. The van der Waals surface area contributed by atoms with E-state index in [1.54, 1.807) is 0 Å². The largest absolute Gasteiger partial charge is 0.295 e. The lowest BCUT2D eigenvalue weighted by atomic mass is 9.90. The van der Waals surface area contributed by atoms with Gasteiger partial charge in [-0.1, -0.05) is 0 Å². The van der Waals surface area contributed by atoms with Crippen molar-refractivity contribution in [1.29, 1.82) is 0 Å². The molecule has 3 heterocycles. The van der Waals surface area contributed by atoms with Gasteiger partial charge in [-0.2, -0.15) is 5.10 Å². The van der Waals surface area contributed by atoms with Crippen LogP contribution in [0.3, 0.4) is 0 Å². The van der Waals surface area contributed by atoms with Gasteiger partial charge in [0.1, 0.15) is 5.65 Å². The lowest BCUT2D eigenvalue weighted by Crippen LogP contribution is -2.53. The minimum absolute atomic E-state index is 0.197. The molecule has 118 valence electrons. The molecule has 1 N–H and O–H groups in total. The quantitative estimate of drug-likeness (QED) is 0.877. The molecule has 0 bridgehead atoms. The Labute approximate surface area is 130 Å². The van der Waals surface area contributed by atoms with Crippen LogP contribution in [0.1, 0.15) is 50.2 Å². The van der Waals surface area contributed by atoms with Crippen molar-refractivity contribution in [2.75, 3.05) is 6.54 Å². The van der Waals surface area contributed by atoms with Gasteiger partial charge in [0.25, 0.3) is 5.56 Å². The zero-order chi connectivity index (χ0) is 15.3. The molecule has 1 atom stereocenters. The molecule has 2 aromatic heterocycles. The van der Waals surface area contributed by atoms with Crippen molar-refractivity contribution in [2.45, 2.75) is 57.5 Å². The number of pyridine rings is 1. The van der Waals surface area contributed by atoms with Gasteiger partial charge in [-0.05, 0) is 64.0 Å².